The summed E-state index contributed by atoms with van der Waals surface area (Å²) in [7, 11) is -2.88. The maximum Gasteiger partial charge on any atom is 0.101 e. The molecule has 0 N–H and O–H groups in total. The van der Waals surface area contributed by atoms with Crippen LogP contribution in [0, 0.1) is 22.7 Å². The second kappa shape index (κ2) is 12.0. The lowest BCUT2D eigenvalue weighted by Gasteiger charge is -2.47. The van der Waals surface area contributed by atoms with Crippen LogP contribution >= 0.6 is 0 Å². The lowest BCUT2D eigenvalue weighted by molar-refractivity contribution is 1.17. The molecular weight excluding hydrogens is 599 g/mol. The summed E-state index contributed by atoms with van der Waals surface area (Å²) in [5.41, 5.74) is 5.96. The van der Waals surface area contributed by atoms with Gasteiger partial charge in [0.2, 0.25) is 0 Å². The maximum atomic E-state index is 10.8. The molecule has 0 spiro atoms. The third kappa shape index (κ3) is 4.55. The molecule has 7 aromatic carbocycles. The molecule has 1 heterocycles. The van der Waals surface area contributed by atoms with E-state index in [0.717, 1.165) is 43.8 Å². The normalized spacial score (nSPS) is 11.3. The molecule has 0 bridgehead atoms. The Hall–Kier alpha value is -6.46. The summed E-state index contributed by atoms with van der Waals surface area (Å²) in [6.07, 6.45) is 0. The van der Waals surface area contributed by atoms with Gasteiger partial charge in [-0.05, 0) is 49.5 Å². The van der Waals surface area contributed by atoms with E-state index in [1.807, 2.05) is 48.5 Å². The molecule has 4 heteroatoms. The van der Waals surface area contributed by atoms with E-state index in [2.05, 4.69) is 144 Å². The molecule has 0 fully saturated rings. The number of fused-ring (bicyclic) bond motifs is 3. The molecule has 0 saturated carbocycles. The molecule has 0 amide bonds. The van der Waals surface area contributed by atoms with E-state index in [4.69, 9.17) is 0 Å². The van der Waals surface area contributed by atoms with Gasteiger partial charge in [0, 0.05) is 16.3 Å². The fourth-order valence-electron chi connectivity index (χ4n) is 7.36. The van der Waals surface area contributed by atoms with E-state index in [0.29, 0.717) is 11.1 Å². The number of para-hydroxylation sites is 2. The van der Waals surface area contributed by atoms with Gasteiger partial charge < -0.3 is 4.57 Å². The molecule has 0 radical (unpaired) electrons. The summed E-state index contributed by atoms with van der Waals surface area (Å²) >= 11 is 0. The molecule has 0 saturated heterocycles. The fraction of sp³-hybridized carbons (Fsp3) is 0. The number of rotatable bonds is 6. The van der Waals surface area contributed by atoms with E-state index >= 15 is 0 Å². The van der Waals surface area contributed by atoms with Crippen molar-refractivity contribution in [3.05, 3.63) is 187 Å². The molecule has 3 nitrogen and oxygen atoms in total. The minimum absolute atomic E-state index is 0.572. The van der Waals surface area contributed by atoms with Crippen LogP contribution in [-0.4, -0.2) is 12.6 Å². The number of aromatic nitrogens is 1. The van der Waals surface area contributed by atoms with Crippen LogP contribution in [0.3, 0.4) is 0 Å². The van der Waals surface area contributed by atoms with Crippen LogP contribution in [0.1, 0.15) is 11.1 Å². The van der Waals surface area contributed by atoms with Gasteiger partial charge in [0.05, 0.1) is 28.4 Å². The first-order chi connectivity index (χ1) is 23.7. The van der Waals surface area contributed by atoms with Crippen molar-refractivity contribution in [1.29, 1.82) is 10.5 Å². The molecule has 8 rings (SSSR count). The van der Waals surface area contributed by atoms with Gasteiger partial charge in [-0.25, -0.2) is 0 Å². The van der Waals surface area contributed by atoms with Crippen LogP contribution in [-0.2, 0) is 0 Å². The highest BCUT2D eigenvalue weighted by Gasteiger charge is 2.30. The summed E-state index contributed by atoms with van der Waals surface area (Å²) in [4.78, 5) is 0. The van der Waals surface area contributed by atoms with Crippen LogP contribution < -0.4 is 20.7 Å². The molecule has 1 aromatic heterocycles. The Morgan fingerprint density at radius 3 is 1.31 bits per heavy atom. The highest BCUT2D eigenvalue weighted by atomic mass is 28.3. The topological polar surface area (TPSA) is 52.5 Å². The summed E-state index contributed by atoms with van der Waals surface area (Å²) in [6, 6.07) is 65.9. The van der Waals surface area contributed by atoms with Crippen LogP contribution in [0.4, 0.5) is 0 Å². The Morgan fingerprint density at radius 1 is 0.417 bits per heavy atom. The van der Waals surface area contributed by atoms with Crippen molar-refractivity contribution in [1.82, 2.24) is 4.57 Å². The first-order valence-electron chi connectivity index (χ1n) is 16.0. The van der Waals surface area contributed by atoms with Gasteiger partial charge in [-0.15, -0.1) is 0 Å². The first kappa shape index (κ1) is 29.0. The minimum Gasteiger partial charge on any atom is -0.308 e. The molecule has 0 aliphatic rings. The van der Waals surface area contributed by atoms with Crippen LogP contribution in [0.5, 0.6) is 0 Å². The van der Waals surface area contributed by atoms with Crippen molar-refractivity contribution in [3.63, 3.8) is 0 Å². The van der Waals surface area contributed by atoms with Crippen LogP contribution in [0.2, 0.25) is 0 Å². The average Bonchev–Trinajstić information content (AvgIpc) is 3.50. The largest absolute Gasteiger partial charge is 0.308 e. The van der Waals surface area contributed by atoms with Gasteiger partial charge in [0.15, 0.2) is 0 Å². The molecule has 0 aliphatic heterocycles. The lowest BCUT2D eigenvalue weighted by atomic mass is 10.0. The Morgan fingerprint density at radius 2 is 0.833 bits per heavy atom. The van der Waals surface area contributed by atoms with Crippen molar-refractivity contribution in [2.45, 2.75) is 0 Å². The van der Waals surface area contributed by atoms with Gasteiger partial charge in [0.1, 0.15) is 6.07 Å². The number of nitriles is 2. The molecule has 8 aromatic rings. The summed E-state index contributed by atoms with van der Waals surface area (Å²) < 4.78 is 2.18. The van der Waals surface area contributed by atoms with Crippen molar-refractivity contribution in [2.75, 3.05) is 0 Å². The van der Waals surface area contributed by atoms with Gasteiger partial charge in [-0.1, -0.05) is 146 Å². The highest BCUT2D eigenvalue weighted by molar-refractivity contribution is 7.20. The van der Waals surface area contributed by atoms with E-state index in [1.165, 1.54) is 15.6 Å². The Kier molecular flexibility index (Phi) is 7.27. The predicted molar refractivity (Wildman–Crippen MR) is 199 cm³/mol. The summed E-state index contributed by atoms with van der Waals surface area (Å²) in [5, 5.41) is 28.2. The number of benzene rings is 7. The Labute approximate surface area is 280 Å². The van der Waals surface area contributed by atoms with Crippen molar-refractivity contribution in [2.24, 2.45) is 0 Å². The fourth-order valence-corrected chi connectivity index (χ4v) is 12.2. The van der Waals surface area contributed by atoms with E-state index in [9.17, 15) is 10.5 Å². The van der Waals surface area contributed by atoms with E-state index < -0.39 is 8.07 Å². The first-order valence-corrected chi connectivity index (χ1v) is 18.0. The molecular formula is C44H29N3Si-. The highest BCUT2D eigenvalue weighted by Crippen LogP contribution is 2.34. The second-order valence-corrected chi connectivity index (χ2v) is 15.7. The molecule has 0 aliphatic carbocycles. The predicted octanol–water partition coefficient (Wildman–Crippen LogP) is 7.57. The monoisotopic (exact) mass is 627 g/mol. The third-order valence-corrected chi connectivity index (χ3v) is 14.3. The zero-order valence-corrected chi connectivity index (χ0v) is 27.1. The van der Waals surface area contributed by atoms with Gasteiger partial charge >= 0.3 is 0 Å². The van der Waals surface area contributed by atoms with Crippen LogP contribution in [0.25, 0.3) is 38.6 Å². The SMILES string of the molecule is N#Cc1cc(-c2ccc([Si-](c3ccccc3)(c3ccccc3)c3ccccc3)c(C#N)c2)ccc1-n1c2ccccc2c2ccccc21. The zero-order chi connectivity index (χ0) is 32.5. The maximum absolute atomic E-state index is 10.8. The third-order valence-electron chi connectivity index (χ3n) is 9.44. The zero-order valence-electron chi connectivity index (χ0n) is 26.1. The van der Waals surface area contributed by atoms with Crippen LogP contribution in [0.15, 0.2) is 176 Å². The van der Waals surface area contributed by atoms with Crippen molar-refractivity contribution >= 4 is 50.6 Å². The van der Waals surface area contributed by atoms with E-state index in [1.54, 1.807) is 0 Å². The lowest BCUT2D eigenvalue weighted by Crippen LogP contribution is -2.75. The summed E-state index contributed by atoms with van der Waals surface area (Å²) in [5.74, 6) is 0. The van der Waals surface area contributed by atoms with Gasteiger partial charge in [-0.3, -0.25) is 0 Å². The van der Waals surface area contributed by atoms with Gasteiger partial charge in [-0.2, -0.15) is 31.3 Å². The van der Waals surface area contributed by atoms with Crippen molar-refractivity contribution in [3.8, 4) is 29.0 Å². The molecule has 225 valence electrons. The Bertz CT molecular complexity index is 2370. The second-order valence-electron chi connectivity index (χ2n) is 11.9. The smallest absolute Gasteiger partial charge is 0.101 e. The average molecular weight is 628 g/mol. The van der Waals surface area contributed by atoms with E-state index in [-0.39, 0.29) is 0 Å². The van der Waals surface area contributed by atoms with Gasteiger partial charge in [0.25, 0.3) is 0 Å². The number of hydrogen-bond donors (Lipinski definition) is 0. The summed E-state index contributed by atoms with van der Waals surface area (Å²) in [6.45, 7) is 0. The Balaban J connectivity index is 1.32. The standard InChI is InChI=1S/C44H29N3Si/c45-30-34-28-32(24-26-41(34)47-42-22-12-10-20-39(42)40-21-11-13-23-43(40)47)33-25-27-44(35(29-33)31-46)48(36-14-4-1-5-15-36,37-16-6-2-7-17-37)38-18-8-3-9-19-38/h1-29H/q-1. The van der Waals surface area contributed by atoms with Crippen molar-refractivity contribution < 1.29 is 0 Å². The molecule has 48 heavy (non-hydrogen) atoms. The minimum atomic E-state index is -2.88. The number of hydrogen-bond acceptors (Lipinski definition) is 2. The molecule has 0 atom stereocenters. The number of nitrogens with zero attached hydrogens (tertiary/aromatic N) is 3. The quantitative estimate of drug-likeness (QED) is 0.141. The molecule has 0 unspecified atom stereocenters.